The zero-order valence-corrected chi connectivity index (χ0v) is 9.70. The van der Waals surface area contributed by atoms with Crippen LogP contribution in [0.15, 0.2) is 43.0 Å². The smallest absolute Gasteiger partial charge is 0.195 e. The lowest BCUT2D eigenvalue weighted by molar-refractivity contribution is 0.705. The van der Waals surface area contributed by atoms with Crippen LogP contribution in [0.5, 0.6) is 0 Å². The molecule has 0 saturated heterocycles. The van der Waals surface area contributed by atoms with Gasteiger partial charge in [0.2, 0.25) is 0 Å². The predicted molar refractivity (Wildman–Crippen MR) is 67.7 cm³/mol. The van der Waals surface area contributed by atoms with Crippen molar-refractivity contribution in [2.45, 2.75) is 13.0 Å². The number of aromatic nitrogens is 3. The zero-order chi connectivity index (χ0) is 11.4. The lowest BCUT2D eigenvalue weighted by Gasteiger charge is -2.04. The molecule has 0 atom stereocenters. The van der Waals surface area contributed by atoms with E-state index in [0.29, 0.717) is 4.77 Å². The topological polar surface area (TPSA) is 33.6 Å². The van der Waals surface area contributed by atoms with E-state index in [2.05, 4.69) is 16.8 Å². The van der Waals surface area contributed by atoms with Gasteiger partial charge in [0.1, 0.15) is 0 Å². The molecule has 2 rings (SSSR count). The normalized spacial score (nSPS) is 10.2. The van der Waals surface area contributed by atoms with Crippen molar-refractivity contribution in [2.75, 3.05) is 0 Å². The van der Waals surface area contributed by atoms with Gasteiger partial charge in [-0.15, -0.1) is 6.58 Å². The molecule has 4 heteroatoms. The SMILES string of the molecule is C=CCCn1c(-c2ccccc2)n[nH]c1=S. The number of hydrogen-bond donors (Lipinski definition) is 1. The van der Waals surface area contributed by atoms with Gasteiger partial charge < -0.3 is 0 Å². The molecule has 82 valence electrons. The highest BCUT2D eigenvalue weighted by atomic mass is 32.1. The molecule has 0 unspecified atom stereocenters. The average Bonchev–Trinajstić information content (AvgIpc) is 2.69. The number of H-pyrrole nitrogens is 1. The molecule has 0 bridgehead atoms. The van der Waals surface area contributed by atoms with E-state index in [4.69, 9.17) is 12.2 Å². The van der Waals surface area contributed by atoms with E-state index in [-0.39, 0.29) is 0 Å². The van der Waals surface area contributed by atoms with Crippen LogP contribution < -0.4 is 0 Å². The monoisotopic (exact) mass is 231 g/mol. The Labute approximate surface area is 99.4 Å². The Morgan fingerprint density at radius 1 is 1.38 bits per heavy atom. The molecule has 1 N–H and O–H groups in total. The largest absolute Gasteiger partial charge is 0.300 e. The second-order valence-corrected chi connectivity index (χ2v) is 3.83. The van der Waals surface area contributed by atoms with Crippen molar-refractivity contribution >= 4 is 12.2 Å². The minimum atomic E-state index is 0.653. The summed E-state index contributed by atoms with van der Waals surface area (Å²) in [5.74, 6) is 0.882. The van der Waals surface area contributed by atoms with E-state index in [1.165, 1.54) is 0 Å². The minimum absolute atomic E-state index is 0.653. The van der Waals surface area contributed by atoms with Gasteiger partial charge in [-0.05, 0) is 18.6 Å². The highest BCUT2D eigenvalue weighted by molar-refractivity contribution is 7.71. The van der Waals surface area contributed by atoms with E-state index >= 15 is 0 Å². The summed E-state index contributed by atoms with van der Waals surface area (Å²) in [6.45, 7) is 4.52. The molecule has 1 heterocycles. The van der Waals surface area contributed by atoms with Crippen molar-refractivity contribution in [3.05, 3.63) is 47.8 Å². The second-order valence-electron chi connectivity index (χ2n) is 3.45. The van der Waals surface area contributed by atoms with E-state index in [9.17, 15) is 0 Å². The molecular weight excluding hydrogens is 218 g/mol. The Balaban J connectivity index is 2.42. The first-order chi connectivity index (χ1) is 7.83. The van der Waals surface area contributed by atoms with Crippen LogP contribution in [0.1, 0.15) is 6.42 Å². The molecule has 0 radical (unpaired) electrons. The fraction of sp³-hybridized carbons (Fsp3) is 0.167. The lowest BCUT2D eigenvalue weighted by Crippen LogP contribution is -1.99. The van der Waals surface area contributed by atoms with Gasteiger partial charge in [0.05, 0.1) is 0 Å². The van der Waals surface area contributed by atoms with Crippen molar-refractivity contribution in [1.82, 2.24) is 14.8 Å². The molecule has 1 aromatic heterocycles. The van der Waals surface area contributed by atoms with Crippen LogP contribution >= 0.6 is 12.2 Å². The van der Waals surface area contributed by atoms with Gasteiger partial charge in [0.25, 0.3) is 0 Å². The van der Waals surface area contributed by atoms with Crippen molar-refractivity contribution in [3.63, 3.8) is 0 Å². The van der Waals surface area contributed by atoms with Crippen LogP contribution in [0.4, 0.5) is 0 Å². The molecule has 0 amide bonds. The fourth-order valence-electron chi connectivity index (χ4n) is 1.55. The molecule has 16 heavy (non-hydrogen) atoms. The molecule has 0 aliphatic rings. The number of aromatic amines is 1. The summed E-state index contributed by atoms with van der Waals surface area (Å²) >= 11 is 5.20. The Morgan fingerprint density at radius 2 is 2.12 bits per heavy atom. The maximum Gasteiger partial charge on any atom is 0.195 e. The van der Waals surface area contributed by atoms with E-state index in [0.717, 1.165) is 24.4 Å². The maximum atomic E-state index is 5.20. The molecule has 0 fully saturated rings. The predicted octanol–water partition coefficient (Wildman–Crippen LogP) is 3.18. The number of nitrogens with one attached hydrogen (secondary N) is 1. The standard InChI is InChI=1S/C12H13N3S/c1-2-3-9-15-11(13-14-12(15)16)10-7-5-4-6-8-10/h2,4-8H,1,3,9H2,(H,14,16). The molecule has 1 aromatic carbocycles. The van der Waals surface area contributed by atoms with Gasteiger partial charge >= 0.3 is 0 Å². The summed E-state index contributed by atoms with van der Waals surface area (Å²) in [6.07, 6.45) is 2.76. The molecule has 0 aliphatic heterocycles. The van der Waals surface area contributed by atoms with Crippen molar-refractivity contribution in [3.8, 4) is 11.4 Å². The first-order valence-electron chi connectivity index (χ1n) is 5.14. The number of rotatable bonds is 4. The summed E-state index contributed by atoms with van der Waals surface area (Å²) < 4.78 is 2.65. The van der Waals surface area contributed by atoms with E-state index in [1.54, 1.807) is 0 Å². The fourth-order valence-corrected chi connectivity index (χ4v) is 1.78. The van der Waals surface area contributed by atoms with E-state index < -0.39 is 0 Å². The molecule has 0 saturated carbocycles. The van der Waals surface area contributed by atoms with E-state index in [1.807, 2.05) is 41.0 Å². The van der Waals surface area contributed by atoms with Crippen LogP contribution in [0.3, 0.4) is 0 Å². The molecule has 0 aliphatic carbocycles. The van der Waals surface area contributed by atoms with Crippen LogP contribution in [0.2, 0.25) is 0 Å². The quantitative estimate of drug-likeness (QED) is 0.647. The Morgan fingerprint density at radius 3 is 2.81 bits per heavy atom. The maximum absolute atomic E-state index is 5.20. The van der Waals surface area contributed by atoms with Crippen LogP contribution in [-0.2, 0) is 6.54 Å². The van der Waals surface area contributed by atoms with Gasteiger partial charge in [-0.2, -0.15) is 5.10 Å². The first kappa shape index (κ1) is 10.8. The molecule has 2 aromatic rings. The van der Waals surface area contributed by atoms with Crippen molar-refractivity contribution in [2.24, 2.45) is 0 Å². The molecular formula is C12H13N3S. The summed E-state index contributed by atoms with van der Waals surface area (Å²) in [4.78, 5) is 0. The van der Waals surface area contributed by atoms with Crippen molar-refractivity contribution in [1.29, 1.82) is 0 Å². The van der Waals surface area contributed by atoms with Gasteiger partial charge in [0.15, 0.2) is 10.6 Å². The third-order valence-electron chi connectivity index (χ3n) is 2.35. The van der Waals surface area contributed by atoms with Gasteiger partial charge in [-0.25, -0.2) is 0 Å². The number of benzene rings is 1. The highest BCUT2D eigenvalue weighted by Gasteiger charge is 2.06. The number of allylic oxidation sites excluding steroid dienone is 1. The highest BCUT2D eigenvalue weighted by Crippen LogP contribution is 2.16. The van der Waals surface area contributed by atoms with Gasteiger partial charge in [0, 0.05) is 12.1 Å². The van der Waals surface area contributed by atoms with Gasteiger partial charge in [-0.1, -0.05) is 36.4 Å². The van der Waals surface area contributed by atoms with Crippen LogP contribution in [0, 0.1) is 4.77 Å². The Kier molecular flexibility index (Phi) is 3.31. The van der Waals surface area contributed by atoms with Gasteiger partial charge in [-0.3, -0.25) is 9.67 Å². The average molecular weight is 231 g/mol. The number of nitrogens with zero attached hydrogens (tertiary/aromatic N) is 2. The summed E-state index contributed by atoms with van der Waals surface area (Å²) in [6, 6.07) is 10.0. The zero-order valence-electron chi connectivity index (χ0n) is 8.89. The van der Waals surface area contributed by atoms with Crippen LogP contribution in [0.25, 0.3) is 11.4 Å². The minimum Gasteiger partial charge on any atom is -0.300 e. The number of hydrogen-bond acceptors (Lipinski definition) is 2. The molecule has 0 spiro atoms. The molecule has 3 nitrogen and oxygen atoms in total. The second kappa shape index (κ2) is 4.90. The third kappa shape index (κ3) is 2.12. The van der Waals surface area contributed by atoms with Crippen LogP contribution in [-0.4, -0.2) is 14.8 Å². The summed E-state index contributed by atoms with van der Waals surface area (Å²) in [5, 5.41) is 7.08. The third-order valence-corrected chi connectivity index (χ3v) is 2.66. The Hall–Kier alpha value is -1.68. The lowest BCUT2D eigenvalue weighted by atomic mass is 10.2. The first-order valence-corrected chi connectivity index (χ1v) is 5.55. The van der Waals surface area contributed by atoms with Crippen molar-refractivity contribution < 1.29 is 0 Å². The summed E-state index contributed by atoms with van der Waals surface area (Å²) in [7, 11) is 0. The summed E-state index contributed by atoms with van der Waals surface area (Å²) in [5.41, 5.74) is 1.07. The Bertz CT molecular complexity index is 525.